The summed E-state index contributed by atoms with van der Waals surface area (Å²) in [5.41, 5.74) is 0.0534. The van der Waals surface area contributed by atoms with Crippen molar-refractivity contribution in [3.63, 3.8) is 0 Å². The van der Waals surface area contributed by atoms with Crippen LogP contribution in [-0.2, 0) is 6.18 Å². The molecule has 1 nitrogen and oxygen atoms in total. The molecule has 0 saturated heterocycles. The molecule has 2 atom stereocenters. The fourth-order valence-electron chi connectivity index (χ4n) is 2.27. The third kappa shape index (κ3) is 4.08. The molecule has 0 saturated carbocycles. The highest BCUT2D eigenvalue weighted by atomic mass is 32.1. The van der Waals surface area contributed by atoms with Crippen LogP contribution < -0.4 is 5.32 Å². The summed E-state index contributed by atoms with van der Waals surface area (Å²) in [6.07, 6.45) is -3.41. The van der Waals surface area contributed by atoms with Crippen LogP contribution in [0.25, 0.3) is 0 Å². The highest BCUT2D eigenvalue weighted by Crippen LogP contribution is 2.31. The minimum atomic E-state index is -4.30. The molecule has 1 aromatic heterocycles. The van der Waals surface area contributed by atoms with Crippen LogP contribution >= 0.6 is 11.3 Å². The second-order valence-electron chi connectivity index (χ2n) is 4.99. The molecule has 114 valence electrons. The van der Waals surface area contributed by atoms with E-state index >= 15 is 0 Å². The molecule has 21 heavy (non-hydrogen) atoms. The van der Waals surface area contributed by atoms with Crippen LogP contribution in [0.3, 0.4) is 0 Å². The number of benzene rings is 1. The summed E-state index contributed by atoms with van der Waals surface area (Å²) in [6, 6.07) is 9.57. The summed E-state index contributed by atoms with van der Waals surface area (Å²) in [4.78, 5) is 1.20. The van der Waals surface area contributed by atoms with E-state index in [1.807, 2.05) is 24.4 Å². The number of nitrogens with one attached hydrogen (secondary N) is 1. The van der Waals surface area contributed by atoms with Crippen molar-refractivity contribution in [2.75, 3.05) is 0 Å². The van der Waals surface area contributed by atoms with Crippen LogP contribution in [0.4, 0.5) is 13.2 Å². The molecule has 0 aliphatic rings. The van der Waals surface area contributed by atoms with Gasteiger partial charge in [0.1, 0.15) is 0 Å². The quantitative estimate of drug-likeness (QED) is 0.761. The van der Waals surface area contributed by atoms with Crippen molar-refractivity contribution in [3.05, 3.63) is 57.8 Å². The van der Waals surface area contributed by atoms with E-state index in [9.17, 15) is 13.2 Å². The van der Waals surface area contributed by atoms with Gasteiger partial charge in [-0.05, 0) is 42.5 Å². The van der Waals surface area contributed by atoms with Crippen molar-refractivity contribution >= 4 is 11.3 Å². The highest BCUT2D eigenvalue weighted by Gasteiger charge is 2.30. The largest absolute Gasteiger partial charge is 0.416 e. The normalized spacial score (nSPS) is 14.9. The van der Waals surface area contributed by atoms with E-state index < -0.39 is 11.7 Å². The summed E-state index contributed by atoms with van der Waals surface area (Å²) in [5, 5.41) is 5.42. The molecule has 1 N–H and O–H groups in total. The van der Waals surface area contributed by atoms with E-state index in [-0.39, 0.29) is 12.1 Å². The third-order valence-electron chi connectivity index (χ3n) is 3.46. The zero-order valence-electron chi connectivity index (χ0n) is 11.9. The summed E-state index contributed by atoms with van der Waals surface area (Å²) in [7, 11) is 0. The van der Waals surface area contributed by atoms with Crippen molar-refractivity contribution < 1.29 is 13.2 Å². The smallest absolute Gasteiger partial charge is 0.303 e. The van der Waals surface area contributed by atoms with Crippen LogP contribution in [0.2, 0.25) is 0 Å². The monoisotopic (exact) mass is 313 g/mol. The van der Waals surface area contributed by atoms with Gasteiger partial charge in [-0.1, -0.05) is 25.1 Å². The summed E-state index contributed by atoms with van der Waals surface area (Å²) in [6.45, 7) is 3.96. The Morgan fingerprint density at radius 1 is 1.19 bits per heavy atom. The standard InChI is InChI=1S/C16H18F3NS/c1-3-14(15-8-5-9-21-15)20-11(2)12-6-4-7-13(10-12)16(17,18)19/h4-11,14,20H,3H2,1-2H3. The lowest BCUT2D eigenvalue weighted by atomic mass is 10.0. The van der Waals surface area contributed by atoms with Crippen molar-refractivity contribution in [3.8, 4) is 0 Å². The molecule has 0 bridgehead atoms. The SMILES string of the molecule is CCC(NC(C)c1cccc(C(F)(F)F)c1)c1cccs1. The first-order valence-corrected chi connectivity index (χ1v) is 7.76. The third-order valence-corrected chi connectivity index (χ3v) is 4.45. The highest BCUT2D eigenvalue weighted by molar-refractivity contribution is 7.10. The Balaban J connectivity index is 2.14. The van der Waals surface area contributed by atoms with Gasteiger partial charge in [0.05, 0.1) is 5.56 Å². The van der Waals surface area contributed by atoms with Crippen LogP contribution in [0.15, 0.2) is 41.8 Å². The number of alkyl halides is 3. The van der Waals surface area contributed by atoms with Gasteiger partial charge in [0.2, 0.25) is 0 Å². The lowest BCUT2D eigenvalue weighted by Crippen LogP contribution is -2.23. The zero-order chi connectivity index (χ0) is 15.5. The van der Waals surface area contributed by atoms with Crippen molar-refractivity contribution in [1.82, 2.24) is 5.32 Å². The first-order chi connectivity index (χ1) is 9.91. The number of halogens is 3. The first kappa shape index (κ1) is 16.0. The topological polar surface area (TPSA) is 12.0 Å². The van der Waals surface area contributed by atoms with E-state index in [4.69, 9.17) is 0 Å². The molecular formula is C16H18F3NS. The van der Waals surface area contributed by atoms with Gasteiger partial charge in [0.15, 0.2) is 0 Å². The lowest BCUT2D eigenvalue weighted by Gasteiger charge is -2.22. The number of thiophene rings is 1. The average Bonchev–Trinajstić information content (AvgIpc) is 2.97. The first-order valence-electron chi connectivity index (χ1n) is 6.88. The molecule has 1 heterocycles. The molecule has 0 spiro atoms. The van der Waals surface area contributed by atoms with E-state index in [1.54, 1.807) is 17.4 Å². The predicted octanol–water partition coefficient (Wildman–Crippen LogP) is 5.57. The molecule has 0 aliphatic heterocycles. The van der Waals surface area contributed by atoms with E-state index in [0.29, 0.717) is 5.56 Å². The van der Waals surface area contributed by atoms with Gasteiger partial charge in [0.25, 0.3) is 0 Å². The average molecular weight is 313 g/mol. The Morgan fingerprint density at radius 3 is 2.52 bits per heavy atom. The van der Waals surface area contributed by atoms with Crippen LogP contribution in [0, 0.1) is 0 Å². The summed E-state index contributed by atoms with van der Waals surface area (Å²) < 4.78 is 38.3. The zero-order valence-corrected chi connectivity index (χ0v) is 12.8. The van der Waals surface area contributed by atoms with Gasteiger partial charge in [-0.15, -0.1) is 11.3 Å². The molecule has 0 aliphatic carbocycles. The Bertz CT molecular complexity index is 563. The van der Waals surface area contributed by atoms with Gasteiger partial charge < -0.3 is 5.32 Å². The molecular weight excluding hydrogens is 295 g/mol. The minimum Gasteiger partial charge on any atom is -0.303 e. The molecule has 2 aromatic rings. The number of rotatable bonds is 5. The molecule has 2 unspecified atom stereocenters. The maximum atomic E-state index is 12.8. The Hall–Kier alpha value is -1.33. The molecule has 0 fully saturated rings. The second kappa shape index (κ2) is 6.62. The van der Waals surface area contributed by atoms with E-state index in [2.05, 4.69) is 12.2 Å². The summed E-state index contributed by atoms with van der Waals surface area (Å²) in [5.74, 6) is 0. The van der Waals surface area contributed by atoms with Gasteiger partial charge in [-0.25, -0.2) is 0 Å². The Morgan fingerprint density at radius 2 is 1.95 bits per heavy atom. The fraction of sp³-hybridized carbons (Fsp3) is 0.375. The molecule has 2 rings (SSSR count). The van der Waals surface area contributed by atoms with Gasteiger partial charge in [0, 0.05) is 17.0 Å². The van der Waals surface area contributed by atoms with E-state index in [1.165, 1.54) is 17.0 Å². The molecule has 5 heteroatoms. The van der Waals surface area contributed by atoms with Crippen LogP contribution in [0.1, 0.15) is 48.4 Å². The molecule has 1 aromatic carbocycles. The van der Waals surface area contributed by atoms with Crippen molar-refractivity contribution in [2.45, 2.75) is 38.5 Å². The Kier molecular flexibility index (Phi) is 5.06. The van der Waals surface area contributed by atoms with E-state index in [0.717, 1.165) is 12.5 Å². The Labute approximate surface area is 126 Å². The minimum absolute atomic E-state index is 0.139. The van der Waals surface area contributed by atoms with Crippen molar-refractivity contribution in [2.24, 2.45) is 0 Å². The van der Waals surface area contributed by atoms with Gasteiger partial charge in [-0.3, -0.25) is 0 Å². The predicted molar refractivity (Wildman–Crippen MR) is 80.3 cm³/mol. The van der Waals surface area contributed by atoms with Crippen LogP contribution in [0.5, 0.6) is 0 Å². The summed E-state index contributed by atoms with van der Waals surface area (Å²) >= 11 is 1.66. The van der Waals surface area contributed by atoms with Gasteiger partial charge in [-0.2, -0.15) is 13.2 Å². The second-order valence-corrected chi connectivity index (χ2v) is 5.97. The number of hydrogen-bond donors (Lipinski definition) is 1. The van der Waals surface area contributed by atoms with Gasteiger partial charge >= 0.3 is 6.18 Å². The van der Waals surface area contributed by atoms with Crippen LogP contribution in [-0.4, -0.2) is 0 Å². The van der Waals surface area contributed by atoms with Crippen molar-refractivity contribution in [1.29, 1.82) is 0 Å². The maximum Gasteiger partial charge on any atom is 0.416 e. The molecule has 0 radical (unpaired) electrons. The molecule has 0 amide bonds. The number of hydrogen-bond acceptors (Lipinski definition) is 2. The maximum absolute atomic E-state index is 12.8. The lowest BCUT2D eigenvalue weighted by molar-refractivity contribution is -0.137. The fourth-order valence-corrected chi connectivity index (χ4v) is 3.14.